The third-order valence-corrected chi connectivity index (χ3v) is 5.66. The molecular formula is C17H19N3O3S. The number of carbonyl (C=O) groups is 2. The molecule has 2 aromatic rings. The molecule has 1 amide bonds. The summed E-state index contributed by atoms with van der Waals surface area (Å²) in [5.74, 6) is -1.48. The first-order valence-corrected chi connectivity index (χ1v) is 8.86. The van der Waals surface area contributed by atoms with Gasteiger partial charge >= 0.3 is 5.97 Å². The number of carbonyl (C=O) groups excluding carboxylic acids is 1. The van der Waals surface area contributed by atoms with Crippen molar-refractivity contribution in [2.24, 2.45) is 0 Å². The predicted molar refractivity (Wildman–Crippen MR) is 90.4 cm³/mol. The van der Waals surface area contributed by atoms with E-state index in [4.69, 9.17) is 5.11 Å². The third kappa shape index (κ3) is 3.46. The van der Waals surface area contributed by atoms with Crippen LogP contribution in [0.25, 0.3) is 0 Å². The number of thiophene rings is 1. The van der Waals surface area contributed by atoms with E-state index in [1.165, 1.54) is 30.3 Å². The van der Waals surface area contributed by atoms with Gasteiger partial charge in [-0.15, -0.1) is 11.3 Å². The minimum absolute atomic E-state index is 0.00346. The molecule has 1 saturated carbocycles. The minimum Gasteiger partial charge on any atom is -0.476 e. The third-order valence-electron chi connectivity index (χ3n) is 4.55. The summed E-state index contributed by atoms with van der Waals surface area (Å²) in [6, 6.07) is 4.19. The SMILES string of the molecule is O=C(O)c1cnc(C(=O)NCC2(c3cccs3)CCCCC2)cn1. The monoisotopic (exact) mass is 345 g/mol. The Morgan fingerprint density at radius 2 is 1.88 bits per heavy atom. The average Bonchev–Trinajstić information content (AvgIpc) is 3.16. The fourth-order valence-electron chi connectivity index (χ4n) is 3.21. The molecule has 3 rings (SSSR count). The maximum absolute atomic E-state index is 12.3. The number of nitrogens with zero attached hydrogens (tertiary/aromatic N) is 2. The van der Waals surface area contributed by atoms with Crippen LogP contribution >= 0.6 is 11.3 Å². The Labute approximate surface area is 144 Å². The van der Waals surface area contributed by atoms with Crippen molar-refractivity contribution >= 4 is 23.2 Å². The molecule has 0 bridgehead atoms. The zero-order valence-electron chi connectivity index (χ0n) is 13.2. The lowest BCUT2D eigenvalue weighted by Crippen LogP contribution is -2.42. The summed E-state index contributed by atoms with van der Waals surface area (Å²) in [6.07, 6.45) is 8.02. The van der Waals surface area contributed by atoms with Crippen LogP contribution in [-0.2, 0) is 5.41 Å². The summed E-state index contributed by atoms with van der Waals surface area (Å²) in [5, 5.41) is 13.9. The number of nitrogens with one attached hydrogen (secondary N) is 1. The number of carboxylic acids is 1. The van der Waals surface area contributed by atoms with E-state index >= 15 is 0 Å². The summed E-state index contributed by atoms with van der Waals surface area (Å²) in [4.78, 5) is 32.1. The van der Waals surface area contributed by atoms with Crippen molar-refractivity contribution in [1.82, 2.24) is 15.3 Å². The first-order chi connectivity index (χ1) is 11.6. The number of aromatic carboxylic acids is 1. The molecular weight excluding hydrogens is 326 g/mol. The molecule has 2 N–H and O–H groups in total. The molecule has 0 radical (unpaired) electrons. The topological polar surface area (TPSA) is 92.2 Å². The van der Waals surface area contributed by atoms with E-state index in [0.29, 0.717) is 6.54 Å². The zero-order valence-corrected chi connectivity index (χ0v) is 14.0. The van der Waals surface area contributed by atoms with Crippen LogP contribution in [0.1, 0.15) is 58.0 Å². The van der Waals surface area contributed by atoms with Crippen LogP contribution in [0.5, 0.6) is 0 Å². The molecule has 1 aliphatic rings. The highest BCUT2D eigenvalue weighted by Gasteiger charge is 2.35. The standard InChI is InChI=1S/C17H19N3O3S/c21-15(12-9-19-13(10-18-12)16(22)23)20-11-17(6-2-1-3-7-17)14-5-4-8-24-14/h4-5,8-10H,1-3,6-7,11H2,(H,20,21)(H,22,23). The van der Waals surface area contributed by atoms with Crippen LogP contribution in [-0.4, -0.2) is 33.5 Å². The second-order valence-corrected chi connectivity index (χ2v) is 7.04. The van der Waals surface area contributed by atoms with E-state index < -0.39 is 5.97 Å². The second kappa shape index (κ2) is 7.09. The van der Waals surface area contributed by atoms with Crippen molar-refractivity contribution in [1.29, 1.82) is 0 Å². The Morgan fingerprint density at radius 1 is 1.17 bits per heavy atom. The highest BCUT2D eigenvalue weighted by molar-refractivity contribution is 7.10. The van der Waals surface area contributed by atoms with Crippen molar-refractivity contribution in [2.45, 2.75) is 37.5 Å². The summed E-state index contributed by atoms with van der Waals surface area (Å²) < 4.78 is 0. The number of amides is 1. The van der Waals surface area contributed by atoms with Crippen molar-refractivity contribution in [3.05, 3.63) is 46.2 Å². The molecule has 0 unspecified atom stereocenters. The van der Waals surface area contributed by atoms with Crippen LogP contribution in [0.15, 0.2) is 29.9 Å². The van der Waals surface area contributed by atoms with Crippen molar-refractivity contribution in [2.75, 3.05) is 6.54 Å². The lowest BCUT2D eigenvalue weighted by atomic mass is 9.73. The number of rotatable bonds is 5. The maximum atomic E-state index is 12.3. The van der Waals surface area contributed by atoms with E-state index in [0.717, 1.165) is 19.0 Å². The van der Waals surface area contributed by atoms with Crippen LogP contribution < -0.4 is 5.32 Å². The van der Waals surface area contributed by atoms with Crippen molar-refractivity contribution in [3.63, 3.8) is 0 Å². The Hall–Kier alpha value is -2.28. The quantitative estimate of drug-likeness (QED) is 0.869. The fraction of sp³-hybridized carbons (Fsp3) is 0.412. The number of hydrogen-bond acceptors (Lipinski definition) is 5. The van der Waals surface area contributed by atoms with Gasteiger partial charge in [0.1, 0.15) is 5.69 Å². The Morgan fingerprint density at radius 3 is 2.46 bits per heavy atom. The zero-order chi connectivity index (χ0) is 17.0. The normalized spacial score (nSPS) is 16.5. The molecule has 0 atom stereocenters. The van der Waals surface area contributed by atoms with Gasteiger partial charge in [-0.05, 0) is 24.3 Å². The van der Waals surface area contributed by atoms with Gasteiger partial charge in [-0.1, -0.05) is 25.3 Å². The highest BCUT2D eigenvalue weighted by atomic mass is 32.1. The van der Waals surface area contributed by atoms with E-state index in [1.54, 1.807) is 11.3 Å². The Balaban J connectivity index is 1.70. The molecule has 2 aromatic heterocycles. The molecule has 0 spiro atoms. The molecule has 126 valence electrons. The summed E-state index contributed by atoms with van der Waals surface area (Å²) in [6.45, 7) is 0.564. The van der Waals surface area contributed by atoms with E-state index in [-0.39, 0.29) is 22.7 Å². The summed E-state index contributed by atoms with van der Waals surface area (Å²) in [7, 11) is 0. The van der Waals surface area contributed by atoms with Crippen LogP contribution in [0.4, 0.5) is 0 Å². The average molecular weight is 345 g/mol. The van der Waals surface area contributed by atoms with Crippen molar-refractivity contribution < 1.29 is 14.7 Å². The van der Waals surface area contributed by atoms with Crippen LogP contribution in [0.3, 0.4) is 0 Å². The van der Waals surface area contributed by atoms with Gasteiger partial charge in [-0.2, -0.15) is 0 Å². The fourth-order valence-corrected chi connectivity index (χ4v) is 4.20. The smallest absolute Gasteiger partial charge is 0.356 e. The largest absolute Gasteiger partial charge is 0.476 e. The van der Waals surface area contributed by atoms with Crippen molar-refractivity contribution in [3.8, 4) is 0 Å². The molecule has 1 fully saturated rings. The summed E-state index contributed by atoms with van der Waals surface area (Å²) >= 11 is 1.74. The molecule has 0 aromatic carbocycles. The van der Waals surface area contributed by atoms with Gasteiger partial charge in [-0.3, -0.25) is 4.79 Å². The summed E-state index contributed by atoms with van der Waals surface area (Å²) in [5.41, 5.74) is -0.0395. The molecule has 0 saturated heterocycles. The van der Waals surface area contributed by atoms with E-state index in [9.17, 15) is 9.59 Å². The number of aromatic nitrogens is 2. The van der Waals surface area contributed by atoms with Gasteiger partial charge < -0.3 is 10.4 Å². The molecule has 1 aliphatic carbocycles. The van der Waals surface area contributed by atoms with Gasteiger partial charge in [0.15, 0.2) is 5.69 Å². The Bertz CT molecular complexity index is 707. The molecule has 7 heteroatoms. The number of carboxylic acid groups (broad SMARTS) is 1. The molecule has 6 nitrogen and oxygen atoms in total. The first kappa shape index (κ1) is 16.6. The van der Waals surface area contributed by atoms with E-state index in [1.807, 2.05) is 6.07 Å². The second-order valence-electron chi connectivity index (χ2n) is 6.09. The van der Waals surface area contributed by atoms with Crippen LogP contribution in [0, 0.1) is 0 Å². The molecule has 0 aliphatic heterocycles. The maximum Gasteiger partial charge on any atom is 0.356 e. The lowest BCUT2D eigenvalue weighted by Gasteiger charge is -2.36. The minimum atomic E-state index is -1.16. The molecule has 24 heavy (non-hydrogen) atoms. The highest BCUT2D eigenvalue weighted by Crippen LogP contribution is 2.41. The lowest BCUT2D eigenvalue weighted by molar-refractivity contribution is 0.0689. The van der Waals surface area contributed by atoms with Gasteiger partial charge in [-0.25, -0.2) is 14.8 Å². The van der Waals surface area contributed by atoms with Gasteiger partial charge in [0.2, 0.25) is 0 Å². The van der Waals surface area contributed by atoms with Gasteiger partial charge in [0.25, 0.3) is 5.91 Å². The van der Waals surface area contributed by atoms with E-state index in [2.05, 4.69) is 26.7 Å². The Kier molecular flexibility index (Phi) is 4.89. The predicted octanol–water partition coefficient (Wildman–Crippen LogP) is 2.87. The number of hydrogen-bond donors (Lipinski definition) is 2. The molecule has 2 heterocycles. The van der Waals surface area contributed by atoms with Gasteiger partial charge in [0.05, 0.1) is 12.4 Å². The van der Waals surface area contributed by atoms with Crippen LogP contribution in [0.2, 0.25) is 0 Å². The van der Waals surface area contributed by atoms with Gasteiger partial charge in [0, 0.05) is 16.8 Å². The first-order valence-electron chi connectivity index (χ1n) is 7.98.